The molecule has 0 heterocycles. The lowest BCUT2D eigenvalue weighted by molar-refractivity contribution is -0.00460. The minimum absolute atomic E-state index is 0. The highest BCUT2D eigenvalue weighted by Crippen LogP contribution is 1.99. The fraction of sp³-hybridized carbons (Fsp3) is 0.125. The summed E-state index contributed by atoms with van der Waals surface area (Å²) in [7, 11) is 7.67. The SMILES string of the molecule is C/C(=N/N)c1ccccc1.CC(=O)c1ccccc1.CC(=[N+]=[N-])c1ccccc1.N=N.P=S.P=S.P=S.[HH]. The minimum Gasteiger partial charge on any atom is -0.361 e. The second kappa shape index (κ2) is 33.3. The highest BCUT2D eigenvalue weighted by atomic mass is 32.4. The summed E-state index contributed by atoms with van der Waals surface area (Å²) in [6, 6.07) is 28.6. The lowest BCUT2D eigenvalue weighted by atomic mass is 10.1. The summed E-state index contributed by atoms with van der Waals surface area (Å²) in [5.41, 5.74) is 22.7. The van der Waals surface area contributed by atoms with Crippen molar-refractivity contribution in [2.24, 2.45) is 10.9 Å². The van der Waals surface area contributed by atoms with Gasteiger partial charge in [0.2, 0.25) is 0 Å². The predicted octanol–water partition coefficient (Wildman–Crippen LogP) is 7.60. The van der Waals surface area contributed by atoms with Crippen LogP contribution in [-0.2, 0) is 35.4 Å². The summed E-state index contributed by atoms with van der Waals surface area (Å²) in [4.78, 5) is 13.7. The van der Waals surface area contributed by atoms with Gasteiger partial charge in [-0.2, -0.15) is 9.89 Å². The van der Waals surface area contributed by atoms with Crippen molar-refractivity contribution < 1.29 is 11.0 Å². The molecule has 198 valence electrons. The first-order chi connectivity index (χ1) is 18.0. The standard InChI is InChI=1S/C8H10N2.C8H8N2.C8H8O.H2N2.3HPS.H2/c2*1-7(10-9)8-5-3-2-4-6-8;1-7(9)8-5-3-2-4-6-8;4*1-2;/h2-6H,9H2,1H3;2-6H,1H3;2-6H,1H3;1-2H;3*1H;1H/b10-7-;;;;;;;. The first kappa shape index (κ1) is 41.5. The van der Waals surface area contributed by atoms with Gasteiger partial charge in [-0.1, -0.05) is 114 Å². The van der Waals surface area contributed by atoms with Crippen LogP contribution in [-0.4, -0.2) is 22.0 Å². The summed E-state index contributed by atoms with van der Waals surface area (Å²) in [6.07, 6.45) is 0. The number of hydrogen-bond acceptors (Lipinski definition) is 8. The Labute approximate surface area is 242 Å². The minimum atomic E-state index is 0. The molecule has 0 aromatic heterocycles. The summed E-state index contributed by atoms with van der Waals surface area (Å²) in [6.45, 7) is 5.21. The third-order valence-electron chi connectivity index (χ3n) is 3.91. The number of nitrogens with two attached hydrogens (primary N) is 1. The summed E-state index contributed by atoms with van der Waals surface area (Å²) in [5, 5.41) is 3.58. The average Bonchev–Trinajstić information content (AvgIpc) is 3.02. The Morgan fingerprint density at radius 2 is 1.03 bits per heavy atom. The van der Waals surface area contributed by atoms with Crippen LogP contribution in [0.1, 0.15) is 43.7 Å². The second-order valence-electron chi connectivity index (χ2n) is 6.05. The maximum atomic E-state index is 10.6. The molecule has 4 N–H and O–H groups in total. The molecule has 0 aliphatic rings. The second-order valence-corrected chi connectivity index (χ2v) is 6.05. The molecule has 0 aliphatic carbocycles. The van der Waals surface area contributed by atoms with E-state index < -0.39 is 0 Å². The van der Waals surface area contributed by atoms with Crippen LogP contribution < -0.4 is 5.84 Å². The van der Waals surface area contributed by atoms with E-state index in [2.05, 4.69) is 69.4 Å². The van der Waals surface area contributed by atoms with Crippen molar-refractivity contribution in [2.75, 3.05) is 0 Å². The fourth-order valence-electron chi connectivity index (χ4n) is 2.16. The maximum Gasteiger partial charge on any atom is 0.296 e. The number of carbonyl (C=O) groups excluding carboxylic acids is 1. The number of hydrogen-bond donors (Lipinski definition) is 3. The molecular weight excluding hydrogens is 577 g/mol. The molecule has 0 saturated carbocycles. The zero-order valence-electron chi connectivity index (χ0n) is 20.7. The van der Waals surface area contributed by atoms with E-state index in [1.165, 1.54) is 0 Å². The van der Waals surface area contributed by atoms with E-state index in [9.17, 15) is 4.79 Å². The van der Waals surface area contributed by atoms with Gasteiger partial charge in [0.05, 0.1) is 11.3 Å². The molecule has 0 unspecified atom stereocenters. The van der Waals surface area contributed by atoms with E-state index >= 15 is 0 Å². The van der Waals surface area contributed by atoms with Crippen LogP contribution in [0.15, 0.2) is 96.1 Å². The van der Waals surface area contributed by atoms with Gasteiger partial charge in [-0.3, -0.25) is 4.79 Å². The number of Topliss-reactive ketones (excluding diaryl/α,β-unsaturated/α-hetero) is 1. The lowest BCUT2D eigenvalue weighted by Crippen LogP contribution is -1.97. The molecule has 37 heavy (non-hydrogen) atoms. The summed E-state index contributed by atoms with van der Waals surface area (Å²) >= 11 is 11.7. The van der Waals surface area contributed by atoms with Crippen LogP contribution in [0.3, 0.4) is 0 Å². The lowest BCUT2D eigenvalue weighted by Gasteiger charge is -1.95. The van der Waals surface area contributed by atoms with Crippen LogP contribution in [0.25, 0.3) is 5.53 Å². The fourth-order valence-corrected chi connectivity index (χ4v) is 2.16. The Morgan fingerprint density at radius 3 is 1.27 bits per heavy atom. The molecule has 0 radical (unpaired) electrons. The summed E-state index contributed by atoms with van der Waals surface area (Å²) < 4.78 is 0. The normalized spacial score (nSPS) is 8.03. The molecule has 0 aliphatic heterocycles. The van der Waals surface area contributed by atoms with Gasteiger partial charge >= 0.3 is 0 Å². The number of nitrogens with zero attached hydrogens (tertiary/aromatic N) is 3. The number of benzene rings is 3. The molecule has 0 saturated heterocycles. The van der Waals surface area contributed by atoms with Gasteiger partial charge in [-0.25, -0.2) is 11.1 Å². The number of nitrogens with one attached hydrogen (secondary N) is 2. The zero-order chi connectivity index (χ0) is 29.5. The first-order valence-electron chi connectivity index (χ1n) is 9.95. The highest BCUT2D eigenvalue weighted by molar-refractivity contribution is 7.89. The first-order valence-corrected chi connectivity index (χ1v) is 14.9. The molecular formula is C24H33N6OP3S3. The Bertz CT molecular complexity index is 1040. The predicted molar refractivity (Wildman–Crippen MR) is 174 cm³/mol. The Hall–Kier alpha value is -2.66. The van der Waals surface area contributed by atoms with Gasteiger partial charge in [-0.05, 0) is 55.6 Å². The van der Waals surface area contributed by atoms with Crippen LogP contribution in [0.2, 0.25) is 0 Å². The van der Waals surface area contributed by atoms with Crippen LogP contribution in [0, 0.1) is 11.1 Å². The Kier molecular flexibility index (Phi) is 37.4. The van der Waals surface area contributed by atoms with Gasteiger partial charge in [0, 0.05) is 13.9 Å². The molecule has 3 aromatic carbocycles. The number of rotatable bonds is 3. The van der Waals surface area contributed by atoms with E-state index in [1.54, 1.807) is 13.8 Å². The molecule has 0 bridgehead atoms. The molecule has 0 atom stereocenters. The monoisotopic (exact) mass is 610 g/mol. The molecule has 3 aromatic rings. The van der Waals surface area contributed by atoms with E-state index in [0.29, 0.717) is 5.71 Å². The number of hydrazone groups is 1. The smallest absolute Gasteiger partial charge is 0.296 e. The molecule has 0 fully saturated rings. The van der Waals surface area contributed by atoms with Crippen molar-refractivity contribution in [3.8, 4) is 0 Å². The van der Waals surface area contributed by atoms with Gasteiger partial charge in [0.25, 0.3) is 5.71 Å². The number of carbonyl (C=O) groups is 1. The van der Waals surface area contributed by atoms with Crippen molar-refractivity contribution in [1.82, 2.24) is 0 Å². The van der Waals surface area contributed by atoms with Crippen LogP contribution >= 0.6 is 24.0 Å². The van der Waals surface area contributed by atoms with Crippen molar-refractivity contribution >= 4 is 76.7 Å². The molecule has 13 heteroatoms. The molecule has 3 rings (SSSR count). The van der Waals surface area contributed by atoms with E-state index in [4.69, 9.17) is 22.4 Å². The summed E-state index contributed by atoms with van der Waals surface area (Å²) in [5.74, 6) is 5.21. The Morgan fingerprint density at radius 1 is 0.730 bits per heavy atom. The van der Waals surface area contributed by atoms with E-state index in [1.807, 2.05) is 97.9 Å². The zero-order valence-corrected chi connectivity index (χ0v) is 26.2. The van der Waals surface area contributed by atoms with Gasteiger partial charge in [0.1, 0.15) is 0 Å². The van der Waals surface area contributed by atoms with Crippen molar-refractivity contribution in [2.45, 2.75) is 20.8 Å². The molecule has 0 spiro atoms. The van der Waals surface area contributed by atoms with Crippen molar-refractivity contribution in [3.63, 3.8) is 0 Å². The maximum absolute atomic E-state index is 10.6. The topological polar surface area (TPSA) is 140 Å². The van der Waals surface area contributed by atoms with Crippen molar-refractivity contribution in [1.29, 1.82) is 11.1 Å². The van der Waals surface area contributed by atoms with Gasteiger partial charge in [0.15, 0.2) is 5.78 Å². The highest BCUT2D eigenvalue weighted by Gasteiger charge is 2.00. The average molecular weight is 611 g/mol. The number of ketones is 1. The third-order valence-corrected chi connectivity index (χ3v) is 3.91. The van der Waals surface area contributed by atoms with Crippen LogP contribution in [0.4, 0.5) is 0 Å². The van der Waals surface area contributed by atoms with Gasteiger partial charge < -0.3 is 11.4 Å². The quantitative estimate of drug-likeness (QED) is 0.0533. The van der Waals surface area contributed by atoms with Gasteiger partial charge in [-0.15, -0.1) is 0 Å². The third kappa shape index (κ3) is 23.5. The van der Waals surface area contributed by atoms with E-state index in [-0.39, 0.29) is 7.21 Å². The Balaban J connectivity index is -0.000000125. The van der Waals surface area contributed by atoms with E-state index in [0.717, 1.165) is 22.4 Å². The van der Waals surface area contributed by atoms with Crippen molar-refractivity contribution in [3.05, 3.63) is 113 Å². The molecule has 7 nitrogen and oxygen atoms in total. The molecule has 0 amide bonds. The largest absolute Gasteiger partial charge is 0.361 e. The van der Waals surface area contributed by atoms with Crippen LogP contribution in [0.5, 0.6) is 0 Å².